The first kappa shape index (κ1) is 16.4. The van der Waals surface area contributed by atoms with Crippen LogP contribution in [0.25, 0.3) is 22.0 Å². The molecule has 0 amide bonds. The molecule has 1 aromatic heterocycles. The van der Waals surface area contributed by atoms with Crippen LogP contribution in [0.1, 0.15) is 42.6 Å². The normalized spacial score (nSPS) is 16.6. The van der Waals surface area contributed by atoms with Gasteiger partial charge in [0.05, 0.1) is 6.61 Å². The Hall–Kier alpha value is -2.10. The standard InChI is InChI=1S/C22H26N2O/c1-15-20-13-19(8-9-21(20)23-22(15)14-25)18-7-5-6-17(12-18)16(2)24-10-3-4-11-24/h5-9,12-13,16,23,25H,3-4,10-11,14H2,1-2H3. The summed E-state index contributed by atoms with van der Waals surface area (Å²) in [5.41, 5.74) is 7.02. The van der Waals surface area contributed by atoms with E-state index in [9.17, 15) is 5.11 Å². The molecule has 0 radical (unpaired) electrons. The third-order valence-electron chi connectivity index (χ3n) is 5.71. The topological polar surface area (TPSA) is 39.3 Å². The quantitative estimate of drug-likeness (QED) is 0.720. The van der Waals surface area contributed by atoms with E-state index in [1.165, 1.54) is 48.0 Å². The minimum Gasteiger partial charge on any atom is -0.390 e. The zero-order valence-electron chi connectivity index (χ0n) is 15.0. The first-order valence-corrected chi connectivity index (χ1v) is 9.24. The second-order valence-corrected chi connectivity index (χ2v) is 7.19. The number of fused-ring (bicyclic) bond motifs is 1. The molecule has 2 heterocycles. The number of nitrogens with zero attached hydrogens (tertiary/aromatic N) is 1. The number of rotatable bonds is 4. The molecule has 1 saturated heterocycles. The molecule has 0 spiro atoms. The van der Waals surface area contributed by atoms with Crippen molar-refractivity contribution in [2.24, 2.45) is 0 Å². The number of aryl methyl sites for hydroxylation is 1. The number of aromatic amines is 1. The molecule has 1 aliphatic rings. The molecule has 1 aliphatic heterocycles. The van der Waals surface area contributed by atoms with E-state index >= 15 is 0 Å². The molecule has 130 valence electrons. The molecule has 4 rings (SSSR count). The molecular weight excluding hydrogens is 308 g/mol. The van der Waals surface area contributed by atoms with Crippen molar-refractivity contribution >= 4 is 10.9 Å². The minimum absolute atomic E-state index is 0.0542. The molecule has 0 aliphatic carbocycles. The highest BCUT2D eigenvalue weighted by Gasteiger charge is 2.19. The number of H-pyrrole nitrogens is 1. The lowest BCUT2D eigenvalue weighted by Crippen LogP contribution is -2.23. The maximum Gasteiger partial charge on any atom is 0.0833 e. The van der Waals surface area contributed by atoms with E-state index in [1.54, 1.807) is 0 Å². The predicted molar refractivity (Wildman–Crippen MR) is 104 cm³/mol. The third kappa shape index (κ3) is 2.99. The van der Waals surface area contributed by atoms with Crippen LogP contribution in [0.15, 0.2) is 42.5 Å². The van der Waals surface area contributed by atoms with Gasteiger partial charge >= 0.3 is 0 Å². The van der Waals surface area contributed by atoms with Crippen LogP contribution in [0.3, 0.4) is 0 Å². The van der Waals surface area contributed by atoms with Gasteiger partial charge in [-0.3, -0.25) is 4.90 Å². The molecule has 0 saturated carbocycles. The summed E-state index contributed by atoms with van der Waals surface area (Å²) in [4.78, 5) is 5.88. The highest BCUT2D eigenvalue weighted by Crippen LogP contribution is 2.31. The lowest BCUT2D eigenvalue weighted by Gasteiger charge is -2.24. The number of hydrogen-bond donors (Lipinski definition) is 2. The maximum absolute atomic E-state index is 9.47. The minimum atomic E-state index is 0.0542. The Balaban J connectivity index is 1.70. The molecule has 3 nitrogen and oxygen atoms in total. The van der Waals surface area contributed by atoms with Crippen molar-refractivity contribution in [3.05, 3.63) is 59.3 Å². The Bertz CT molecular complexity index is 890. The largest absolute Gasteiger partial charge is 0.390 e. The summed E-state index contributed by atoms with van der Waals surface area (Å²) >= 11 is 0. The van der Waals surface area contributed by atoms with Crippen molar-refractivity contribution in [2.75, 3.05) is 13.1 Å². The summed E-state index contributed by atoms with van der Waals surface area (Å²) < 4.78 is 0. The molecular formula is C22H26N2O. The maximum atomic E-state index is 9.47. The van der Waals surface area contributed by atoms with E-state index in [2.05, 4.69) is 66.2 Å². The Morgan fingerprint density at radius 2 is 1.84 bits per heavy atom. The van der Waals surface area contributed by atoms with Gasteiger partial charge in [-0.1, -0.05) is 24.3 Å². The Morgan fingerprint density at radius 1 is 1.08 bits per heavy atom. The van der Waals surface area contributed by atoms with Gasteiger partial charge < -0.3 is 10.1 Å². The number of aliphatic hydroxyl groups excluding tert-OH is 1. The van der Waals surface area contributed by atoms with Crippen molar-refractivity contribution < 1.29 is 5.11 Å². The first-order chi connectivity index (χ1) is 12.2. The van der Waals surface area contributed by atoms with Gasteiger partial charge in [-0.05, 0) is 80.2 Å². The van der Waals surface area contributed by atoms with E-state index in [4.69, 9.17) is 0 Å². The zero-order chi connectivity index (χ0) is 17.4. The van der Waals surface area contributed by atoms with Gasteiger partial charge in [0.1, 0.15) is 0 Å². The summed E-state index contributed by atoms with van der Waals surface area (Å²) in [5, 5.41) is 10.7. The molecule has 0 bridgehead atoms. The Kier molecular flexibility index (Phi) is 4.36. The summed E-state index contributed by atoms with van der Waals surface area (Å²) in [6, 6.07) is 15.9. The molecule has 1 fully saturated rings. The van der Waals surface area contributed by atoms with Gasteiger partial charge in [-0.25, -0.2) is 0 Å². The number of likely N-dealkylation sites (tertiary alicyclic amines) is 1. The molecule has 3 heteroatoms. The van der Waals surface area contributed by atoms with Crippen molar-refractivity contribution in [3.8, 4) is 11.1 Å². The molecule has 3 aromatic rings. The van der Waals surface area contributed by atoms with Crippen molar-refractivity contribution in [2.45, 2.75) is 39.3 Å². The number of aliphatic hydroxyl groups is 1. The van der Waals surface area contributed by atoms with Crippen molar-refractivity contribution in [1.82, 2.24) is 9.88 Å². The van der Waals surface area contributed by atoms with Crippen molar-refractivity contribution in [3.63, 3.8) is 0 Å². The van der Waals surface area contributed by atoms with Crippen LogP contribution in [-0.4, -0.2) is 28.1 Å². The van der Waals surface area contributed by atoms with Gasteiger partial charge in [0, 0.05) is 22.6 Å². The fourth-order valence-electron chi connectivity index (χ4n) is 4.04. The number of benzene rings is 2. The van der Waals surface area contributed by atoms with E-state index in [1.807, 2.05) is 0 Å². The van der Waals surface area contributed by atoms with Gasteiger partial charge in [-0.15, -0.1) is 0 Å². The van der Waals surface area contributed by atoms with Crippen LogP contribution < -0.4 is 0 Å². The first-order valence-electron chi connectivity index (χ1n) is 9.24. The summed E-state index contributed by atoms with van der Waals surface area (Å²) in [7, 11) is 0. The molecule has 2 N–H and O–H groups in total. The average molecular weight is 334 g/mol. The fourth-order valence-corrected chi connectivity index (χ4v) is 4.04. The Morgan fingerprint density at radius 3 is 2.60 bits per heavy atom. The van der Waals surface area contributed by atoms with E-state index < -0.39 is 0 Å². The van der Waals surface area contributed by atoms with Gasteiger partial charge in [0.2, 0.25) is 0 Å². The summed E-state index contributed by atoms with van der Waals surface area (Å²) in [5.74, 6) is 0. The highest BCUT2D eigenvalue weighted by molar-refractivity contribution is 5.89. The summed E-state index contributed by atoms with van der Waals surface area (Å²) in [6.45, 7) is 6.86. The van der Waals surface area contributed by atoms with Crippen LogP contribution >= 0.6 is 0 Å². The highest BCUT2D eigenvalue weighted by atomic mass is 16.3. The van der Waals surface area contributed by atoms with Crippen LogP contribution in [0.2, 0.25) is 0 Å². The second kappa shape index (κ2) is 6.66. The van der Waals surface area contributed by atoms with Crippen LogP contribution in [0.5, 0.6) is 0 Å². The second-order valence-electron chi connectivity index (χ2n) is 7.19. The van der Waals surface area contributed by atoms with Crippen molar-refractivity contribution in [1.29, 1.82) is 0 Å². The zero-order valence-corrected chi connectivity index (χ0v) is 15.0. The molecule has 1 atom stereocenters. The van der Waals surface area contributed by atoms with E-state index in [0.717, 1.165) is 16.8 Å². The smallest absolute Gasteiger partial charge is 0.0833 e. The van der Waals surface area contributed by atoms with Crippen LogP contribution in [-0.2, 0) is 6.61 Å². The fraction of sp³-hybridized carbons (Fsp3) is 0.364. The SMILES string of the molecule is Cc1c(CO)[nH]c2ccc(-c3cccc(C(C)N4CCCC4)c3)cc12. The monoisotopic (exact) mass is 334 g/mol. The lowest BCUT2D eigenvalue weighted by molar-refractivity contribution is 0.263. The average Bonchev–Trinajstić information content (AvgIpc) is 3.29. The predicted octanol–water partition coefficient (Wildman–Crippen LogP) is 4.79. The third-order valence-corrected chi connectivity index (χ3v) is 5.71. The number of hydrogen-bond acceptors (Lipinski definition) is 2. The Labute approximate surface area is 149 Å². The van der Waals surface area contributed by atoms with Gasteiger partial charge in [0.25, 0.3) is 0 Å². The van der Waals surface area contributed by atoms with E-state index in [0.29, 0.717) is 6.04 Å². The van der Waals surface area contributed by atoms with Gasteiger partial charge in [0.15, 0.2) is 0 Å². The van der Waals surface area contributed by atoms with Crippen LogP contribution in [0, 0.1) is 6.92 Å². The number of nitrogens with one attached hydrogen (secondary N) is 1. The number of aromatic nitrogens is 1. The van der Waals surface area contributed by atoms with E-state index in [-0.39, 0.29) is 6.61 Å². The molecule has 1 unspecified atom stereocenters. The van der Waals surface area contributed by atoms with Gasteiger partial charge in [-0.2, -0.15) is 0 Å². The lowest BCUT2D eigenvalue weighted by atomic mass is 9.98. The molecule has 2 aromatic carbocycles. The molecule has 25 heavy (non-hydrogen) atoms. The summed E-state index contributed by atoms with van der Waals surface area (Å²) in [6.07, 6.45) is 2.64. The van der Waals surface area contributed by atoms with Crippen LogP contribution in [0.4, 0.5) is 0 Å².